The van der Waals surface area contributed by atoms with Crippen molar-refractivity contribution in [3.8, 4) is 5.75 Å². The van der Waals surface area contributed by atoms with Crippen molar-refractivity contribution >= 4 is 23.2 Å². The molecule has 2 aromatic carbocycles. The van der Waals surface area contributed by atoms with Gasteiger partial charge in [-0.25, -0.2) is 0 Å². The number of nitrogens with zero attached hydrogens (tertiary/aromatic N) is 2. The van der Waals surface area contributed by atoms with Crippen LogP contribution in [0.5, 0.6) is 5.75 Å². The molecule has 2 heterocycles. The fourth-order valence-electron chi connectivity index (χ4n) is 3.41. The maximum atomic E-state index is 12.8. The third kappa shape index (κ3) is 5.03. The fourth-order valence-corrected chi connectivity index (χ4v) is 3.53. The highest BCUT2D eigenvalue weighted by molar-refractivity contribution is 6.30. The first-order valence-electron chi connectivity index (χ1n) is 10.3. The van der Waals surface area contributed by atoms with Crippen LogP contribution in [0.3, 0.4) is 0 Å². The minimum absolute atomic E-state index is 0.220. The van der Waals surface area contributed by atoms with E-state index in [9.17, 15) is 4.79 Å². The van der Waals surface area contributed by atoms with Crippen LogP contribution >= 0.6 is 11.6 Å². The second-order valence-corrected chi connectivity index (χ2v) is 8.09. The lowest BCUT2D eigenvalue weighted by molar-refractivity contribution is 0.0992. The van der Waals surface area contributed by atoms with Crippen molar-refractivity contribution in [2.24, 2.45) is 0 Å². The number of anilines is 1. The Balaban J connectivity index is 1.41. The van der Waals surface area contributed by atoms with Crippen LogP contribution in [-0.2, 0) is 13.2 Å². The topological polar surface area (TPSA) is 69.3 Å². The van der Waals surface area contributed by atoms with Crippen LogP contribution in [0.25, 0.3) is 0 Å². The van der Waals surface area contributed by atoms with Crippen molar-refractivity contribution in [3.63, 3.8) is 0 Å². The van der Waals surface area contributed by atoms with Crippen molar-refractivity contribution in [2.45, 2.75) is 33.9 Å². The lowest BCUT2D eigenvalue weighted by Crippen LogP contribution is -2.12. The van der Waals surface area contributed by atoms with E-state index in [2.05, 4.69) is 10.4 Å². The van der Waals surface area contributed by atoms with Gasteiger partial charge < -0.3 is 14.5 Å². The summed E-state index contributed by atoms with van der Waals surface area (Å²) in [6, 6.07) is 18.8. The van der Waals surface area contributed by atoms with Crippen molar-refractivity contribution < 1.29 is 13.9 Å². The van der Waals surface area contributed by atoms with Gasteiger partial charge in [0.05, 0.1) is 23.6 Å². The van der Waals surface area contributed by atoms with Gasteiger partial charge in [0, 0.05) is 5.02 Å². The SMILES string of the molecule is Cc1cccc(OCc2ccc(C(=O)Nc3c(C)nn(Cc4ccc(Cl)cc4)c3C)o2)c1. The van der Waals surface area contributed by atoms with Crippen molar-refractivity contribution in [1.82, 2.24) is 9.78 Å². The van der Waals surface area contributed by atoms with Gasteiger partial charge in [0.2, 0.25) is 0 Å². The Bertz CT molecular complexity index is 1240. The largest absolute Gasteiger partial charge is 0.486 e. The van der Waals surface area contributed by atoms with Gasteiger partial charge in [-0.05, 0) is 68.3 Å². The Labute approximate surface area is 191 Å². The Morgan fingerprint density at radius 1 is 1.09 bits per heavy atom. The van der Waals surface area contributed by atoms with Crippen LogP contribution in [0, 0.1) is 20.8 Å². The molecule has 4 rings (SSSR count). The third-order valence-corrected chi connectivity index (χ3v) is 5.37. The fraction of sp³-hybridized carbons (Fsp3) is 0.200. The quantitative estimate of drug-likeness (QED) is 0.379. The molecular formula is C25H24ClN3O3. The van der Waals surface area contributed by atoms with E-state index < -0.39 is 0 Å². The van der Waals surface area contributed by atoms with Crippen molar-refractivity contribution in [3.05, 3.63) is 99.7 Å². The molecule has 1 amide bonds. The molecule has 164 valence electrons. The van der Waals surface area contributed by atoms with Crippen LogP contribution in [-0.4, -0.2) is 15.7 Å². The van der Waals surface area contributed by atoms with E-state index in [1.54, 1.807) is 12.1 Å². The van der Waals surface area contributed by atoms with Crippen molar-refractivity contribution in [2.75, 3.05) is 5.32 Å². The number of benzene rings is 2. The summed E-state index contributed by atoms with van der Waals surface area (Å²) in [6.45, 7) is 6.62. The Hall–Kier alpha value is -3.51. The van der Waals surface area contributed by atoms with E-state index in [1.807, 2.05) is 74.0 Å². The molecular weight excluding hydrogens is 426 g/mol. The smallest absolute Gasteiger partial charge is 0.291 e. The second kappa shape index (κ2) is 9.32. The third-order valence-electron chi connectivity index (χ3n) is 5.12. The standard InChI is InChI=1S/C25H24ClN3O3/c1-16-5-4-6-21(13-16)31-15-22-11-12-23(32-22)25(30)27-24-17(2)28-29(18(24)3)14-19-7-9-20(26)10-8-19/h4-13H,14-15H2,1-3H3,(H,27,30). The van der Waals surface area contributed by atoms with Gasteiger partial charge >= 0.3 is 0 Å². The molecule has 0 radical (unpaired) electrons. The predicted molar refractivity (Wildman–Crippen MR) is 124 cm³/mol. The van der Waals surface area contributed by atoms with E-state index >= 15 is 0 Å². The van der Waals surface area contributed by atoms with E-state index in [0.29, 0.717) is 23.0 Å². The first kappa shape index (κ1) is 21.7. The highest BCUT2D eigenvalue weighted by atomic mass is 35.5. The first-order valence-corrected chi connectivity index (χ1v) is 10.6. The maximum absolute atomic E-state index is 12.8. The number of hydrogen-bond donors (Lipinski definition) is 1. The molecule has 2 aromatic heterocycles. The maximum Gasteiger partial charge on any atom is 0.291 e. The zero-order valence-corrected chi connectivity index (χ0v) is 18.9. The molecule has 4 aromatic rings. The highest BCUT2D eigenvalue weighted by Gasteiger charge is 2.18. The lowest BCUT2D eigenvalue weighted by atomic mass is 10.2. The van der Waals surface area contributed by atoms with Gasteiger partial charge in [-0.1, -0.05) is 35.9 Å². The molecule has 0 aliphatic rings. The van der Waals surface area contributed by atoms with E-state index in [0.717, 1.165) is 28.3 Å². The van der Waals surface area contributed by atoms with Crippen molar-refractivity contribution in [1.29, 1.82) is 0 Å². The zero-order chi connectivity index (χ0) is 22.7. The van der Waals surface area contributed by atoms with Crippen LogP contribution in [0.4, 0.5) is 5.69 Å². The van der Waals surface area contributed by atoms with Gasteiger partial charge in [0.15, 0.2) is 5.76 Å². The van der Waals surface area contributed by atoms with E-state index in [1.165, 1.54) is 0 Å². The lowest BCUT2D eigenvalue weighted by Gasteiger charge is -2.07. The molecule has 0 saturated carbocycles. The molecule has 6 nitrogen and oxygen atoms in total. The number of furan rings is 1. The molecule has 0 aliphatic carbocycles. The molecule has 32 heavy (non-hydrogen) atoms. The van der Waals surface area contributed by atoms with Gasteiger partial charge in [-0.3, -0.25) is 9.48 Å². The second-order valence-electron chi connectivity index (χ2n) is 7.66. The summed E-state index contributed by atoms with van der Waals surface area (Å²) in [4.78, 5) is 12.8. The van der Waals surface area contributed by atoms with Crippen LogP contribution in [0.15, 0.2) is 65.1 Å². The summed E-state index contributed by atoms with van der Waals surface area (Å²) in [5.74, 6) is 1.22. The van der Waals surface area contributed by atoms with E-state index in [4.69, 9.17) is 20.8 Å². The average Bonchev–Trinajstić information content (AvgIpc) is 3.35. The summed E-state index contributed by atoms with van der Waals surface area (Å²) in [5.41, 5.74) is 4.46. The Morgan fingerprint density at radius 3 is 2.62 bits per heavy atom. The Morgan fingerprint density at radius 2 is 1.88 bits per heavy atom. The molecule has 7 heteroatoms. The summed E-state index contributed by atoms with van der Waals surface area (Å²) < 4.78 is 13.3. The van der Waals surface area contributed by atoms with Gasteiger partial charge in [0.25, 0.3) is 5.91 Å². The van der Waals surface area contributed by atoms with Crippen LogP contribution in [0.1, 0.15) is 38.8 Å². The minimum Gasteiger partial charge on any atom is -0.486 e. The van der Waals surface area contributed by atoms with Gasteiger partial charge in [0.1, 0.15) is 18.1 Å². The number of rotatable bonds is 7. The normalized spacial score (nSPS) is 10.9. The highest BCUT2D eigenvalue weighted by Crippen LogP contribution is 2.23. The minimum atomic E-state index is -0.330. The molecule has 0 atom stereocenters. The number of carbonyl (C=O) groups is 1. The molecule has 0 fully saturated rings. The summed E-state index contributed by atoms with van der Waals surface area (Å²) >= 11 is 5.96. The molecule has 0 unspecified atom stereocenters. The summed E-state index contributed by atoms with van der Waals surface area (Å²) in [5, 5.41) is 8.19. The van der Waals surface area contributed by atoms with Crippen LogP contribution in [0.2, 0.25) is 5.02 Å². The molecule has 0 saturated heterocycles. The first-order chi connectivity index (χ1) is 15.4. The molecule has 0 aliphatic heterocycles. The summed E-state index contributed by atoms with van der Waals surface area (Å²) in [7, 11) is 0. The number of carbonyl (C=O) groups excluding carboxylic acids is 1. The van der Waals surface area contributed by atoms with Gasteiger partial charge in [-0.15, -0.1) is 0 Å². The average molecular weight is 450 g/mol. The summed E-state index contributed by atoms with van der Waals surface area (Å²) in [6.07, 6.45) is 0. The predicted octanol–water partition coefficient (Wildman–Crippen LogP) is 5.93. The number of aromatic nitrogens is 2. The number of nitrogens with one attached hydrogen (secondary N) is 1. The number of halogens is 1. The van der Waals surface area contributed by atoms with Gasteiger partial charge in [-0.2, -0.15) is 5.10 Å². The number of amides is 1. The Kier molecular flexibility index (Phi) is 6.32. The molecule has 0 bridgehead atoms. The monoisotopic (exact) mass is 449 g/mol. The zero-order valence-electron chi connectivity index (χ0n) is 18.2. The molecule has 1 N–H and O–H groups in total. The number of ether oxygens (including phenoxy) is 1. The molecule has 0 spiro atoms. The number of aryl methyl sites for hydroxylation is 2. The van der Waals surface area contributed by atoms with Crippen LogP contribution < -0.4 is 10.1 Å². The number of hydrogen-bond acceptors (Lipinski definition) is 4. The van der Waals surface area contributed by atoms with E-state index in [-0.39, 0.29) is 18.3 Å².